The summed E-state index contributed by atoms with van der Waals surface area (Å²) in [6, 6.07) is 8.80. The van der Waals surface area contributed by atoms with E-state index in [4.69, 9.17) is 6.42 Å². The zero-order chi connectivity index (χ0) is 16.3. The minimum Gasteiger partial charge on any atom is -0.311 e. The lowest BCUT2D eigenvalue weighted by molar-refractivity contribution is -0.141. The van der Waals surface area contributed by atoms with E-state index in [1.54, 1.807) is 24.3 Å². The van der Waals surface area contributed by atoms with Crippen molar-refractivity contribution in [2.45, 2.75) is 6.18 Å². The normalized spacial score (nSPS) is 10.9. The molecule has 0 aliphatic carbocycles. The lowest BCUT2D eigenvalue weighted by Crippen LogP contribution is -2.29. The Morgan fingerprint density at radius 2 is 2.00 bits per heavy atom. The van der Waals surface area contributed by atoms with Crippen LogP contribution in [0.5, 0.6) is 0 Å². The molecular formula is C16H11F3N2O. The average Bonchev–Trinajstić information content (AvgIpc) is 2.52. The smallest absolute Gasteiger partial charge is 0.311 e. The third kappa shape index (κ3) is 3.09. The van der Waals surface area contributed by atoms with Crippen LogP contribution in [0, 0.1) is 12.3 Å². The number of halogens is 3. The standard InChI is InChI=1S/C16H11F3N2O/c1-3-11-6-4-7-12(10-11)21(2)15(22)13-8-5-9-20-14(13)16(17,18)19/h1,4-10H,2H3. The Hall–Kier alpha value is -2.81. The van der Waals surface area contributed by atoms with Crippen LogP contribution in [0.25, 0.3) is 0 Å². The van der Waals surface area contributed by atoms with Gasteiger partial charge < -0.3 is 4.90 Å². The van der Waals surface area contributed by atoms with Gasteiger partial charge in [-0.05, 0) is 30.3 Å². The van der Waals surface area contributed by atoms with Gasteiger partial charge in [0.25, 0.3) is 5.91 Å². The second kappa shape index (κ2) is 5.90. The number of hydrogen-bond donors (Lipinski definition) is 0. The van der Waals surface area contributed by atoms with Gasteiger partial charge in [-0.25, -0.2) is 0 Å². The van der Waals surface area contributed by atoms with E-state index < -0.39 is 23.3 Å². The van der Waals surface area contributed by atoms with Crippen molar-refractivity contribution < 1.29 is 18.0 Å². The summed E-state index contributed by atoms with van der Waals surface area (Å²) in [6.45, 7) is 0. The van der Waals surface area contributed by atoms with Gasteiger partial charge in [-0.15, -0.1) is 6.42 Å². The van der Waals surface area contributed by atoms with E-state index in [9.17, 15) is 18.0 Å². The molecule has 0 atom stereocenters. The number of pyridine rings is 1. The molecule has 0 bridgehead atoms. The summed E-state index contributed by atoms with van der Waals surface area (Å²) in [4.78, 5) is 16.7. The van der Waals surface area contributed by atoms with Crippen LogP contribution in [0.15, 0.2) is 42.6 Å². The van der Waals surface area contributed by atoms with E-state index in [2.05, 4.69) is 10.9 Å². The van der Waals surface area contributed by atoms with Crippen molar-refractivity contribution in [2.24, 2.45) is 0 Å². The molecule has 1 aromatic heterocycles. The Kier molecular flexibility index (Phi) is 4.18. The van der Waals surface area contributed by atoms with Crippen LogP contribution < -0.4 is 4.90 Å². The maximum atomic E-state index is 12.9. The molecule has 0 N–H and O–H groups in total. The summed E-state index contributed by atoms with van der Waals surface area (Å²) < 4.78 is 38.8. The molecule has 112 valence electrons. The van der Waals surface area contributed by atoms with Crippen LogP contribution in [-0.2, 0) is 6.18 Å². The van der Waals surface area contributed by atoms with Gasteiger partial charge in [0.2, 0.25) is 0 Å². The van der Waals surface area contributed by atoms with Crippen molar-refractivity contribution >= 4 is 11.6 Å². The highest BCUT2D eigenvalue weighted by atomic mass is 19.4. The van der Waals surface area contributed by atoms with Crippen molar-refractivity contribution in [3.63, 3.8) is 0 Å². The second-order valence-electron chi connectivity index (χ2n) is 4.46. The minimum absolute atomic E-state index is 0.400. The molecular weight excluding hydrogens is 293 g/mol. The number of anilines is 1. The maximum Gasteiger partial charge on any atom is 0.434 e. The van der Waals surface area contributed by atoms with E-state index in [0.29, 0.717) is 11.3 Å². The third-order valence-electron chi connectivity index (χ3n) is 3.01. The number of aromatic nitrogens is 1. The number of rotatable bonds is 2. The van der Waals surface area contributed by atoms with Crippen LogP contribution in [0.3, 0.4) is 0 Å². The number of terminal acetylenes is 1. The lowest BCUT2D eigenvalue weighted by atomic mass is 10.1. The number of alkyl halides is 3. The van der Waals surface area contributed by atoms with Crippen LogP contribution in [0.1, 0.15) is 21.6 Å². The van der Waals surface area contributed by atoms with E-state index in [-0.39, 0.29) is 0 Å². The molecule has 22 heavy (non-hydrogen) atoms. The predicted octanol–water partition coefficient (Wildman–Crippen LogP) is 3.36. The number of benzene rings is 1. The highest BCUT2D eigenvalue weighted by molar-refractivity contribution is 6.06. The summed E-state index contributed by atoms with van der Waals surface area (Å²) in [5.74, 6) is 1.60. The third-order valence-corrected chi connectivity index (χ3v) is 3.01. The number of amides is 1. The zero-order valence-electron chi connectivity index (χ0n) is 11.6. The first-order chi connectivity index (χ1) is 10.3. The number of carbonyl (C=O) groups excluding carboxylic acids is 1. The van der Waals surface area contributed by atoms with Crippen molar-refractivity contribution in [2.75, 3.05) is 11.9 Å². The molecule has 1 aromatic carbocycles. The quantitative estimate of drug-likeness (QED) is 0.797. The molecule has 0 unspecified atom stereocenters. The number of carbonyl (C=O) groups is 1. The highest BCUT2D eigenvalue weighted by Crippen LogP contribution is 2.31. The first-order valence-electron chi connectivity index (χ1n) is 6.21. The second-order valence-corrected chi connectivity index (χ2v) is 4.46. The van der Waals surface area contributed by atoms with Crippen molar-refractivity contribution in [3.05, 3.63) is 59.4 Å². The Morgan fingerprint density at radius 1 is 1.27 bits per heavy atom. The first-order valence-corrected chi connectivity index (χ1v) is 6.21. The summed E-state index contributed by atoms with van der Waals surface area (Å²) in [5, 5.41) is 0. The molecule has 0 saturated heterocycles. The molecule has 0 aliphatic rings. The fourth-order valence-corrected chi connectivity index (χ4v) is 1.91. The topological polar surface area (TPSA) is 33.2 Å². The van der Waals surface area contributed by atoms with Gasteiger partial charge in [0.1, 0.15) is 0 Å². The molecule has 0 aliphatic heterocycles. The average molecular weight is 304 g/mol. The van der Waals surface area contributed by atoms with Gasteiger partial charge in [0.15, 0.2) is 5.69 Å². The van der Waals surface area contributed by atoms with E-state index in [1.165, 1.54) is 13.1 Å². The summed E-state index contributed by atoms with van der Waals surface area (Å²) in [5.41, 5.74) is -0.791. The molecule has 0 saturated carbocycles. The van der Waals surface area contributed by atoms with Gasteiger partial charge in [0, 0.05) is 24.5 Å². The molecule has 6 heteroatoms. The fourth-order valence-electron chi connectivity index (χ4n) is 1.91. The van der Waals surface area contributed by atoms with Gasteiger partial charge in [-0.2, -0.15) is 13.2 Å². The fraction of sp³-hybridized carbons (Fsp3) is 0.125. The summed E-state index contributed by atoms with van der Waals surface area (Å²) in [7, 11) is 1.38. The van der Waals surface area contributed by atoms with Crippen LogP contribution in [0.4, 0.5) is 18.9 Å². The first kappa shape index (κ1) is 15.6. The Balaban J connectivity index is 2.42. The van der Waals surface area contributed by atoms with Gasteiger partial charge in [0.05, 0.1) is 5.56 Å². The Bertz CT molecular complexity index is 748. The zero-order valence-corrected chi connectivity index (χ0v) is 11.6. The van der Waals surface area contributed by atoms with E-state index >= 15 is 0 Å². The maximum absolute atomic E-state index is 12.9. The molecule has 2 rings (SSSR count). The lowest BCUT2D eigenvalue weighted by Gasteiger charge is -2.19. The molecule has 0 radical (unpaired) electrons. The van der Waals surface area contributed by atoms with E-state index in [0.717, 1.165) is 17.2 Å². The molecule has 3 nitrogen and oxygen atoms in total. The predicted molar refractivity (Wildman–Crippen MR) is 76.3 cm³/mol. The van der Waals surface area contributed by atoms with Crippen molar-refractivity contribution in [1.82, 2.24) is 4.98 Å². The van der Waals surface area contributed by atoms with Gasteiger partial charge in [-0.3, -0.25) is 9.78 Å². The molecule has 0 spiro atoms. The van der Waals surface area contributed by atoms with E-state index in [1.807, 2.05) is 0 Å². The molecule has 1 amide bonds. The monoisotopic (exact) mass is 304 g/mol. The Labute approximate surface area is 125 Å². The molecule has 2 aromatic rings. The summed E-state index contributed by atoms with van der Waals surface area (Å²) in [6.07, 6.45) is 1.57. The van der Waals surface area contributed by atoms with Crippen LogP contribution >= 0.6 is 0 Å². The van der Waals surface area contributed by atoms with Crippen molar-refractivity contribution in [3.8, 4) is 12.3 Å². The SMILES string of the molecule is C#Cc1cccc(N(C)C(=O)c2cccnc2C(F)(F)F)c1. The molecule has 0 fully saturated rings. The van der Waals surface area contributed by atoms with Crippen molar-refractivity contribution in [1.29, 1.82) is 0 Å². The minimum atomic E-state index is -4.70. The number of hydrogen-bond acceptors (Lipinski definition) is 2. The van der Waals surface area contributed by atoms with Crippen LogP contribution in [-0.4, -0.2) is 17.9 Å². The largest absolute Gasteiger partial charge is 0.434 e. The molecule has 1 heterocycles. The Morgan fingerprint density at radius 3 is 2.64 bits per heavy atom. The number of nitrogens with zero attached hydrogens (tertiary/aromatic N) is 2. The van der Waals surface area contributed by atoms with Gasteiger partial charge in [-0.1, -0.05) is 12.0 Å². The van der Waals surface area contributed by atoms with Crippen LogP contribution in [0.2, 0.25) is 0 Å². The van der Waals surface area contributed by atoms with Gasteiger partial charge >= 0.3 is 6.18 Å². The summed E-state index contributed by atoms with van der Waals surface area (Å²) >= 11 is 0. The highest BCUT2D eigenvalue weighted by Gasteiger charge is 2.37.